The summed E-state index contributed by atoms with van der Waals surface area (Å²) >= 11 is 6.31. The quantitative estimate of drug-likeness (QED) is 0.837. The molecule has 6 heteroatoms. The van der Waals surface area contributed by atoms with Gasteiger partial charge in [-0.1, -0.05) is 30.9 Å². The lowest BCUT2D eigenvalue weighted by Gasteiger charge is -2.36. The highest BCUT2D eigenvalue weighted by Gasteiger charge is 2.33. The number of halogens is 1. The first-order chi connectivity index (χ1) is 13.0. The molecular weight excluding hydrogens is 360 g/mol. The van der Waals surface area contributed by atoms with Crippen molar-refractivity contribution in [3.8, 4) is 6.07 Å². The Morgan fingerprint density at radius 1 is 1.37 bits per heavy atom. The number of nitriles is 1. The van der Waals surface area contributed by atoms with E-state index in [1.807, 2.05) is 17.0 Å². The van der Waals surface area contributed by atoms with Crippen molar-refractivity contribution in [3.05, 3.63) is 28.8 Å². The number of carbonyl (C=O) groups is 1. The van der Waals surface area contributed by atoms with Crippen LogP contribution in [0.2, 0.25) is 5.02 Å². The molecule has 1 saturated heterocycles. The number of likely N-dealkylation sites (tertiary alicyclic amines) is 1. The molecule has 1 aromatic carbocycles. The molecule has 146 valence electrons. The third-order valence-corrected chi connectivity index (χ3v) is 6.20. The van der Waals surface area contributed by atoms with E-state index in [9.17, 15) is 4.79 Å². The van der Waals surface area contributed by atoms with Crippen molar-refractivity contribution in [2.45, 2.75) is 57.5 Å². The largest absolute Gasteiger partial charge is 0.366 e. The summed E-state index contributed by atoms with van der Waals surface area (Å²) < 4.78 is 0. The van der Waals surface area contributed by atoms with Crippen molar-refractivity contribution in [3.63, 3.8) is 0 Å². The second kappa shape index (κ2) is 8.95. The van der Waals surface area contributed by atoms with Gasteiger partial charge in [0.25, 0.3) is 0 Å². The van der Waals surface area contributed by atoms with Crippen LogP contribution in [-0.2, 0) is 4.79 Å². The molecule has 5 nitrogen and oxygen atoms in total. The Balaban J connectivity index is 1.81. The molecule has 0 spiro atoms. The molecule has 1 amide bonds. The van der Waals surface area contributed by atoms with Gasteiger partial charge >= 0.3 is 0 Å². The van der Waals surface area contributed by atoms with E-state index in [1.165, 1.54) is 32.1 Å². The van der Waals surface area contributed by atoms with Gasteiger partial charge in [-0.15, -0.1) is 0 Å². The Morgan fingerprint density at radius 2 is 2.11 bits per heavy atom. The molecule has 1 heterocycles. The van der Waals surface area contributed by atoms with Crippen molar-refractivity contribution in [1.82, 2.24) is 4.90 Å². The summed E-state index contributed by atoms with van der Waals surface area (Å²) in [7, 11) is 0. The van der Waals surface area contributed by atoms with Gasteiger partial charge < -0.3 is 15.5 Å². The standard InChI is InChI=1S/C21H29ClN4O/c1-15(24)21(27)25-10-9-19(14-25)26(13-16-5-3-2-4-6-16)18-8-7-17(12-23)20(22)11-18/h7-8,11,15-16,19H,2-6,9-10,13-14,24H2,1H3. The van der Waals surface area contributed by atoms with Crippen LogP contribution in [0.25, 0.3) is 0 Å². The first-order valence-corrected chi connectivity index (χ1v) is 10.4. The normalized spacial score (nSPS) is 21.7. The molecule has 0 bridgehead atoms. The van der Waals surface area contributed by atoms with E-state index in [4.69, 9.17) is 22.6 Å². The Hall–Kier alpha value is -1.77. The van der Waals surface area contributed by atoms with Gasteiger partial charge in [0.15, 0.2) is 0 Å². The highest BCUT2D eigenvalue weighted by atomic mass is 35.5. The third kappa shape index (κ3) is 4.75. The molecule has 1 aliphatic carbocycles. The topological polar surface area (TPSA) is 73.4 Å². The van der Waals surface area contributed by atoms with Crippen molar-refractivity contribution in [2.75, 3.05) is 24.5 Å². The van der Waals surface area contributed by atoms with Crippen LogP contribution < -0.4 is 10.6 Å². The van der Waals surface area contributed by atoms with Gasteiger partial charge in [-0.3, -0.25) is 4.79 Å². The van der Waals surface area contributed by atoms with E-state index >= 15 is 0 Å². The second-order valence-corrected chi connectivity index (χ2v) is 8.35. The first-order valence-electron chi connectivity index (χ1n) is 10.00. The lowest BCUT2D eigenvalue weighted by molar-refractivity contribution is -0.131. The molecule has 0 radical (unpaired) electrons. The Kier molecular flexibility index (Phi) is 6.62. The van der Waals surface area contributed by atoms with E-state index in [-0.39, 0.29) is 11.9 Å². The summed E-state index contributed by atoms with van der Waals surface area (Å²) in [6.45, 7) is 4.17. The summed E-state index contributed by atoms with van der Waals surface area (Å²) in [6.07, 6.45) is 7.38. The Bertz CT molecular complexity index is 709. The van der Waals surface area contributed by atoms with Crippen LogP contribution in [-0.4, -0.2) is 42.5 Å². The molecular formula is C21H29ClN4O. The highest BCUT2D eigenvalue weighted by molar-refractivity contribution is 6.32. The molecule has 1 aliphatic heterocycles. The van der Waals surface area contributed by atoms with E-state index in [0.29, 0.717) is 23.0 Å². The fourth-order valence-corrected chi connectivity index (χ4v) is 4.59. The summed E-state index contributed by atoms with van der Waals surface area (Å²) in [4.78, 5) is 16.6. The predicted molar refractivity (Wildman–Crippen MR) is 109 cm³/mol. The van der Waals surface area contributed by atoms with E-state index < -0.39 is 6.04 Å². The number of hydrogen-bond acceptors (Lipinski definition) is 4. The van der Waals surface area contributed by atoms with E-state index in [0.717, 1.165) is 25.2 Å². The number of benzene rings is 1. The maximum Gasteiger partial charge on any atom is 0.239 e. The molecule has 2 aliphatic rings. The van der Waals surface area contributed by atoms with E-state index in [2.05, 4.69) is 11.0 Å². The number of nitrogens with zero attached hydrogens (tertiary/aromatic N) is 3. The summed E-state index contributed by atoms with van der Waals surface area (Å²) in [5.41, 5.74) is 7.34. The number of rotatable bonds is 5. The van der Waals surface area contributed by atoms with Gasteiger partial charge in [-0.2, -0.15) is 5.26 Å². The first kappa shape index (κ1) is 20.0. The van der Waals surface area contributed by atoms with Gasteiger partial charge in [-0.25, -0.2) is 0 Å². The Morgan fingerprint density at radius 3 is 2.74 bits per heavy atom. The smallest absolute Gasteiger partial charge is 0.239 e. The molecule has 27 heavy (non-hydrogen) atoms. The molecule has 1 saturated carbocycles. The molecule has 1 aromatic rings. The lowest BCUT2D eigenvalue weighted by atomic mass is 9.88. The molecule has 3 rings (SSSR count). The van der Waals surface area contributed by atoms with Gasteiger partial charge in [0.1, 0.15) is 6.07 Å². The average Bonchev–Trinajstić information content (AvgIpc) is 3.16. The van der Waals surface area contributed by atoms with Crippen LogP contribution in [0.1, 0.15) is 51.0 Å². The minimum atomic E-state index is -0.458. The van der Waals surface area contributed by atoms with Gasteiger partial charge in [0.05, 0.1) is 16.6 Å². The maximum absolute atomic E-state index is 12.3. The van der Waals surface area contributed by atoms with Crippen LogP contribution in [0.4, 0.5) is 5.69 Å². The zero-order valence-electron chi connectivity index (χ0n) is 16.0. The zero-order chi connectivity index (χ0) is 19.4. The highest BCUT2D eigenvalue weighted by Crippen LogP contribution is 2.32. The summed E-state index contributed by atoms with van der Waals surface area (Å²) in [5, 5.41) is 9.66. The van der Waals surface area contributed by atoms with Gasteiger partial charge in [0, 0.05) is 31.4 Å². The molecule has 2 N–H and O–H groups in total. The van der Waals surface area contributed by atoms with Crippen LogP contribution in [0.15, 0.2) is 18.2 Å². The zero-order valence-corrected chi connectivity index (χ0v) is 16.8. The fourth-order valence-electron chi connectivity index (χ4n) is 4.37. The van der Waals surface area contributed by atoms with Crippen LogP contribution in [0.5, 0.6) is 0 Å². The minimum Gasteiger partial charge on any atom is -0.366 e. The van der Waals surface area contributed by atoms with Gasteiger partial charge in [-0.05, 0) is 50.3 Å². The van der Waals surface area contributed by atoms with Crippen LogP contribution in [0, 0.1) is 17.2 Å². The fraction of sp³-hybridized carbons (Fsp3) is 0.619. The molecule has 2 fully saturated rings. The predicted octanol–water partition coefficient (Wildman–Crippen LogP) is 3.55. The van der Waals surface area contributed by atoms with E-state index in [1.54, 1.807) is 13.0 Å². The lowest BCUT2D eigenvalue weighted by Crippen LogP contribution is -2.45. The van der Waals surface area contributed by atoms with Crippen molar-refractivity contribution in [1.29, 1.82) is 5.26 Å². The molecule has 2 unspecified atom stereocenters. The Labute approximate surface area is 167 Å². The number of anilines is 1. The number of nitrogens with two attached hydrogens (primary N) is 1. The van der Waals surface area contributed by atoms with Gasteiger partial charge in [0.2, 0.25) is 5.91 Å². The number of hydrogen-bond donors (Lipinski definition) is 1. The molecule has 0 aromatic heterocycles. The van der Waals surface area contributed by atoms with Crippen LogP contribution >= 0.6 is 11.6 Å². The van der Waals surface area contributed by atoms with Crippen LogP contribution in [0.3, 0.4) is 0 Å². The molecule has 2 atom stereocenters. The third-order valence-electron chi connectivity index (χ3n) is 5.89. The van der Waals surface area contributed by atoms with Crippen molar-refractivity contribution in [2.24, 2.45) is 11.7 Å². The average molecular weight is 389 g/mol. The van der Waals surface area contributed by atoms with Crippen molar-refractivity contribution < 1.29 is 4.79 Å². The number of carbonyl (C=O) groups excluding carboxylic acids is 1. The summed E-state index contributed by atoms with van der Waals surface area (Å²) in [5.74, 6) is 0.694. The minimum absolute atomic E-state index is 0.0213. The second-order valence-electron chi connectivity index (χ2n) is 7.95. The summed E-state index contributed by atoms with van der Waals surface area (Å²) in [6, 6.07) is 7.62. The number of amides is 1. The van der Waals surface area contributed by atoms with Crippen molar-refractivity contribution >= 4 is 23.2 Å². The maximum atomic E-state index is 12.3. The monoisotopic (exact) mass is 388 g/mol. The SMILES string of the molecule is CC(N)C(=O)N1CCC(N(CC2CCCCC2)c2ccc(C#N)c(Cl)c2)C1.